The van der Waals surface area contributed by atoms with Gasteiger partial charge in [0.15, 0.2) is 11.6 Å². The Morgan fingerprint density at radius 1 is 1.03 bits per heavy atom. The highest BCUT2D eigenvalue weighted by Crippen LogP contribution is 2.14. The maximum absolute atomic E-state index is 12.8. The highest BCUT2D eigenvalue weighted by molar-refractivity contribution is 5.99. The molecule has 31 heavy (non-hydrogen) atoms. The number of carbonyl (C=O) groups excluding carboxylic acids is 2. The maximum Gasteiger partial charge on any atom is 0.163 e. The zero-order chi connectivity index (χ0) is 22.1. The number of rotatable bonds is 8. The molecule has 1 heterocycles. The lowest BCUT2D eigenvalue weighted by Crippen LogP contribution is -2.44. The highest BCUT2D eigenvalue weighted by Gasteiger charge is 2.24. The van der Waals surface area contributed by atoms with Gasteiger partial charge in [-0.2, -0.15) is 0 Å². The topological polar surface area (TPSA) is 69.6 Å². The van der Waals surface area contributed by atoms with Gasteiger partial charge < -0.3 is 15.3 Å². The van der Waals surface area contributed by atoms with E-state index in [9.17, 15) is 14.7 Å². The number of piperidine rings is 1. The monoisotopic (exact) mass is 418 g/mol. The number of nitrogens with one attached hydrogen (secondary N) is 1. The molecule has 1 aliphatic rings. The van der Waals surface area contributed by atoms with Crippen molar-refractivity contribution in [3.05, 3.63) is 71.3 Å². The lowest BCUT2D eigenvalue weighted by Gasteiger charge is -2.30. The van der Waals surface area contributed by atoms with Crippen LogP contribution in [-0.2, 0) is 4.79 Å². The van der Waals surface area contributed by atoms with Gasteiger partial charge in [0, 0.05) is 41.6 Å². The van der Waals surface area contributed by atoms with Crippen LogP contribution < -0.4 is 5.32 Å². The third-order valence-electron chi connectivity index (χ3n) is 5.75. The Kier molecular flexibility index (Phi) is 8.54. The molecule has 0 spiro atoms. The number of ketones is 2. The van der Waals surface area contributed by atoms with Crippen molar-refractivity contribution in [1.82, 2.24) is 10.2 Å². The Morgan fingerprint density at radius 3 is 2.26 bits per heavy atom. The molecule has 1 aliphatic heterocycles. The normalized spacial score (nSPS) is 15.7. The lowest BCUT2D eigenvalue weighted by atomic mass is 9.93. The largest absolute Gasteiger partial charge is 0.389 e. The van der Waals surface area contributed by atoms with Crippen molar-refractivity contribution in [2.45, 2.75) is 25.3 Å². The zero-order valence-corrected chi connectivity index (χ0v) is 18.0. The molecule has 3 rings (SSSR count). The summed E-state index contributed by atoms with van der Waals surface area (Å²) in [5, 5.41) is 12.8. The van der Waals surface area contributed by atoms with E-state index in [2.05, 4.69) is 29.1 Å². The van der Waals surface area contributed by atoms with Crippen LogP contribution in [0.5, 0.6) is 0 Å². The van der Waals surface area contributed by atoms with Gasteiger partial charge in [0.25, 0.3) is 0 Å². The van der Waals surface area contributed by atoms with Gasteiger partial charge in [-0.3, -0.25) is 9.59 Å². The van der Waals surface area contributed by atoms with Crippen LogP contribution in [-0.4, -0.2) is 60.9 Å². The van der Waals surface area contributed by atoms with Gasteiger partial charge in [-0.1, -0.05) is 42.2 Å². The van der Waals surface area contributed by atoms with E-state index < -0.39 is 12.5 Å². The number of nitrogens with zero attached hydrogens (tertiary/aromatic N) is 1. The van der Waals surface area contributed by atoms with Crippen molar-refractivity contribution < 1.29 is 14.7 Å². The number of aliphatic hydroxyl groups excluding tert-OH is 1. The molecular formula is C26H30N2O3. The number of likely N-dealkylation sites (tertiary alicyclic amines) is 1. The Balaban J connectivity index is 1.58. The smallest absolute Gasteiger partial charge is 0.163 e. The van der Waals surface area contributed by atoms with E-state index >= 15 is 0 Å². The molecule has 0 saturated carbocycles. The molecule has 0 amide bonds. The van der Waals surface area contributed by atoms with Gasteiger partial charge >= 0.3 is 0 Å². The van der Waals surface area contributed by atoms with Crippen LogP contribution in [0.15, 0.2) is 54.6 Å². The maximum atomic E-state index is 12.8. The van der Waals surface area contributed by atoms with E-state index in [1.54, 1.807) is 12.1 Å². The second kappa shape index (κ2) is 11.6. The third kappa shape index (κ3) is 7.15. The first-order valence-electron chi connectivity index (χ1n) is 10.8. The summed E-state index contributed by atoms with van der Waals surface area (Å²) in [4.78, 5) is 27.2. The van der Waals surface area contributed by atoms with Crippen LogP contribution in [0.2, 0.25) is 0 Å². The van der Waals surface area contributed by atoms with Gasteiger partial charge in [-0.25, -0.2) is 0 Å². The third-order valence-corrected chi connectivity index (χ3v) is 5.75. The fourth-order valence-electron chi connectivity index (χ4n) is 3.70. The average Bonchev–Trinajstić information content (AvgIpc) is 2.81. The SMILES string of the molecule is CN1CCC(NC[C@H](CC(=O)c2ccc(C#Cc3ccccc3)cc2)C(=O)CO)CC1. The minimum absolute atomic E-state index is 0.0913. The Labute approximate surface area is 184 Å². The quantitative estimate of drug-likeness (QED) is 0.509. The molecule has 0 radical (unpaired) electrons. The average molecular weight is 419 g/mol. The van der Waals surface area contributed by atoms with E-state index in [-0.39, 0.29) is 18.0 Å². The highest BCUT2D eigenvalue weighted by atomic mass is 16.3. The first-order chi connectivity index (χ1) is 15.0. The van der Waals surface area contributed by atoms with Gasteiger partial charge in [0.05, 0.1) is 0 Å². The summed E-state index contributed by atoms with van der Waals surface area (Å²) < 4.78 is 0. The molecule has 0 unspecified atom stereocenters. The van der Waals surface area contributed by atoms with Crippen LogP contribution in [0, 0.1) is 17.8 Å². The molecule has 0 aromatic heterocycles. The molecule has 1 fully saturated rings. The van der Waals surface area contributed by atoms with Crippen molar-refractivity contribution in [3.63, 3.8) is 0 Å². The fourth-order valence-corrected chi connectivity index (χ4v) is 3.70. The molecule has 5 heteroatoms. The number of aliphatic hydroxyl groups is 1. The Morgan fingerprint density at radius 2 is 1.65 bits per heavy atom. The number of carbonyl (C=O) groups is 2. The molecule has 1 atom stereocenters. The van der Waals surface area contributed by atoms with E-state index in [0.717, 1.165) is 37.1 Å². The van der Waals surface area contributed by atoms with Crippen molar-refractivity contribution in [2.75, 3.05) is 33.3 Å². The minimum Gasteiger partial charge on any atom is -0.389 e. The van der Waals surface area contributed by atoms with Crippen LogP contribution in [0.4, 0.5) is 0 Å². The second-order valence-electron chi connectivity index (χ2n) is 8.13. The van der Waals surface area contributed by atoms with Crippen LogP contribution in [0.1, 0.15) is 40.7 Å². The standard InChI is InChI=1S/C26H30N2O3/c1-28-15-13-24(14-16-28)27-18-23(26(31)19-29)17-25(30)22-11-9-21(10-12-22)8-7-20-5-3-2-4-6-20/h2-6,9-12,23-24,27,29H,13-19H2,1H3/t23-/m0/s1. The lowest BCUT2D eigenvalue weighted by molar-refractivity contribution is -0.125. The summed E-state index contributed by atoms with van der Waals surface area (Å²) in [6, 6.07) is 17.2. The molecule has 162 valence electrons. The summed E-state index contributed by atoms with van der Waals surface area (Å²) >= 11 is 0. The Hall–Kier alpha value is -2.78. The predicted molar refractivity (Wildman–Crippen MR) is 122 cm³/mol. The molecule has 1 saturated heterocycles. The van der Waals surface area contributed by atoms with Crippen LogP contribution in [0.3, 0.4) is 0 Å². The number of hydrogen-bond donors (Lipinski definition) is 2. The molecular weight excluding hydrogens is 388 g/mol. The van der Waals surface area contributed by atoms with Crippen LogP contribution >= 0.6 is 0 Å². The van der Waals surface area contributed by atoms with Crippen LogP contribution in [0.25, 0.3) is 0 Å². The molecule has 2 aromatic rings. The van der Waals surface area contributed by atoms with E-state index in [0.29, 0.717) is 18.2 Å². The number of Topliss-reactive ketones (excluding diaryl/α,β-unsaturated/α-hetero) is 2. The van der Waals surface area contributed by atoms with Gasteiger partial charge in [-0.15, -0.1) is 0 Å². The Bertz CT molecular complexity index is 921. The molecule has 2 aromatic carbocycles. The molecule has 0 bridgehead atoms. The van der Waals surface area contributed by atoms with Crippen molar-refractivity contribution in [2.24, 2.45) is 5.92 Å². The number of benzene rings is 2. The zero-order valence-electron chi connectivity index (χ0n) is 18.0. The minimum atomic E-state index is -0.541. The number of hydrogen-bond acceptors (Lipinski definition) is 5. The summed E-state index contributed by atoms with van der Waals surface area (Å²) in [5.41, 5.74) is 2.32. The first-order valence-corrected chi connectivity index (χ1v) is 10.8. The predicted octanol–water partition coefficient (Wildman–Crippen LogP) is 2.52. The first kappa shape index (κ1) is 22.9. The van der Waals surface area contributed by atoms with Crippen molar-refractivity contribution >= 4 is 11.6 Å². The molecule has 2 N–H and O–H groups in total. The summed E-state index contributed by atoms with van der Waals surface area (Å²) in [6.45, 7) is 1.92. The summed E-state index contributed by atoms with van der Waals surface area (Å²) in [5.74, 6) is 5.28. The van der Waals surface area contributed by atoms with E-state index in [1.807, 2.05) is 42.5 Å². The molecule has 5 nitrogen and oxygen atoms in total. The second-order valence-corrected chi connectivity index (χ2v) is 8.13. The summed E-state index contributed by atoms with van der Waals surface area (Å²) in [7, 11) is 2.10. The van der Waals surface area contributed by atoms with Gasteiger partial charge in [-0.05, 0) is 57.2 Å². The van der Waals surface area contributed by atoms with Gasteiger partial charge in [0.1, 0.15) is 6.61 Å². The van der Waals surface area contributed by atoms with Crippen molar-refractivity contribution in [3.8, 4) is 11.8 Å². The van der Waals surface area contributed by atoms with E-state index in [4.69, 9.17) is 0 Å². The fraction of sp³-hybridized carbons (Fsp3) is 0.385. The molecule has 0 aliphatic carbocycles. The summed E-state index contributed by atoms with van der Waals surface area (Å²) in [6.07, 6.45) is 2.14. The van der Waals surface area contributed by atoms with E-state index in [1.165, 1.54) is 0 Å². The van der Waals surface area contributed by atoms with Gasteiger partial charge in [0.2, 0.25) is 0 Å². The van der Waals surface area contributed by atoms with Crippen molar-refractivity contribution in [1.29, 1.82) is 0 Å².